The second-order valence-corrected chi connectivity index (χ2v) is 5.75. The van der Waals surface area contributed by atoms with Gasteiger partial charge in [0.25, 0.3) is 5.91 Å². The first-order valence-corrected chi connectivity index (χ1v) is 7.44. The van der Waals surface area contributed by atoms with E-state index in [1.54, 1.807) is 18.2 Å². The minimum atomic E-state index is -0.467. The Morgan fingerprint density at radius 2 is 1.83 bits per heavy atom. The second-order valence-electron chi connectivity index (χ2n) is 5.34. The van der Waals surface area contributed by atoms with Gasteiger partial charge in [-0.05, 0) is 43.2 Å². The molecule has 0 atom stereocenters. The van der Waals surface area contributed by atoms with Crippen LogP contribution in [-0.2, 0) is 0 Å². The van der Waals surface area contributed by atoms with Gasteiger partial charge >= 0.3 is 0 Å². The van der Waals surface area contributed by atoms with Crippen LogP contribution in [0.3, 0.4) is 0 Å². The Morgan fingerprint density at radius 3 is 2.57 bits per heavy atom. The molecule has 1 amide bonds. The van der Waals surface area contributed by atoms with Crippen LogP contribution in [0.5, 0.6) is 0 Å². The molecule has 0 aliphatic heterocycles. The average Bonchev–Trinajstić information content (AvgIpc) is 2.51. The summed E-state index contributed by atoms with van der Waals surface area (Å²) in [7, 11) is 0. The maximum atomic E-state index is 12.3. The van der Waals surface area contributed by atoms with E-state index in [1.165, 1.54) is 6.07 Å². The van der Waals surface area contributed by atoms with Gasteiger partial charge in [-0.2, -0.15) is 0 Å². The number of hydrogen-bond acceptors (Lipinski definition) is 3. The van der Waals surface area contributed by atoms with Crippen molar-refractivity contribution in [3.63, 3.8) is 0 Å². The molecule has 0 spiro atoms. The van der Waals surface area contributed by atoms with Crippen LogP contribution >= 0.6 is 11.6 Å². The summed E-state index contributed by atoms with van der Waals surface area (Å²) < 4.78 is 5.58. The molecular formula is C18H14ClNO3. The highest BCUT2D eigenvalue weighted by molar-refractivity contribution is 6.32. The van der Waals surface area contributed by atoms with Crippen molar-refractivity contribution in [2.45, 2.75) is 13.8 Å². The summed E-state index contributed by atoms with van der Waals surface area (Å²) >= 11 is 6.03. The van der Waals surface area contributed by atoms with Crippen LogP contribution in [0.25, 0.3) is 11.0 Å². The maximum absolute atomic E-state index is 12.3. The van der Waals surface area contributed by atoms with E-state index >= 15 is 0 Å². The third kappa shape index (κ3) is 2.98. The van der Waals surface area contributed by atoms with Gasteiger partial charge in [0.2, 0.25) is 0 Å². The minimum Gasteiger partial charge on any atom is -0.451 e. The van der Waals surface area contributed by atoms with Crippen LogP contribution in [0.1, 0.15) is 21.7 Å². The highest BCUT2D eigenvalue weighted by Crippen LogP contribution is 2.22. The summed E-state index contributed by atoms with van der Waals surface area (Å²) in [5.74, 6) is -0.502. The molecule has 0 aliphatic rings. The standard InChI is InChI=1S/C18H14ClNO3/c1-10-5-3-4-6-14(10)20-18(22)17-9-15(21)12-8-13(19)11(2)7-16(12)23-17/h3-9H,1-2H3,(H,20,22). The summed E-state index contributed by atoms with van der Waals surface area (Å²) in [6.45, 7) is 3.69. The third-order valence-corrected chi connectivity index (χ3v) is 4.03. The summed E-state index contributed by atoms with van der Waals surface area (Å²) in [6.07, 6.45) is 0. The Kier molecular flexibility index (Phi) is 3.92. The lowest BCUT2D eigenvalue weighted by atomic mass is 10.1. The lowest BCUT2D eigenvalue weighted by molar-refractivity contribution is 0.0997. The predicted octanol–water partition coefficient (Wildman–Crippen LogP) is 4.32. The molecule has 5 heteroatoms. The number of carbonyl (C=O) groups is 1. The number of para-hydroxylation sites is 1. The quantitative estimate of drug-likeness (QED) is 0.762. The molecule has 0 saturated carbocycles. The van der Waals surface area contributed by atoms with Crippen LogP contribution in [0, 0.1) is 13.8 Å². The summed E-state index contributed by atoms with van der Waals surface area (Å²) in [5, 5.41) is 3.59. The zero-order chi connectivity index (χ0) is 16.6. The Balaban J connectivity index is 2.03. The number of benzene rings is 2. The number of hydrogen-bond donors (Lipinski definition) is 1. The Hall–Kier alpha value is -2.59. The van der Waals surface area contributed by atoms with Gasteiger partial charge in [0.05, 0.1) is 5.39 Å². The van der Waals surface area contributed by atoms with Gasteiger partial charge in [-0.15, -0.1) is 0 Å². The number of anilines is 1. The van der Waals surface area contributed by atoms with E-state index in [1.807, 2.05) is 32.0 Å². The van der Waals surface area contributed by atoms with E-state index in [9.17, 15) is 9.59 Å². The maximum Gasteiger partial charge on any atom is 0.291 e. The van der Waals surface area contributed by atoms with Crippen LogP contribution in [0.2, 0.25) is 5.02 Å². The fourth-order valence-electron chi connectivity index (χ4n) is 2.29. The molecule has 3 rings (SSSR count). The summed E-state index contributed by atoms with van der Waals surface area (Å²) in [5.41, 5.74) is 2.41. The van der Waals surface area contributed by atoms with Crippen molar-refractivity contribution >= 4 is 34.2 Å². The van der Waals surface area contributed by atoms with Crippen molar-refractivity contribution in [3.05, 3.63) is 74.6 Å². The Labute approximate surface area is 137 Å². The van der Waals surface area contributed by atoms with E-state index in [-0.39, 0.29) is 11.2 Å². The number of carbonyl (C=O) groups excluding carboxylic acids is 1. The van der Waals surface area contributed by atoms with Gasteiger partial charge in [-0.25, -0.2) is 0 Å². The van der Waals surface area contributed by atoms with E-state index < -0.39 is 5.91 Å². The van der Waals surface area contributed by atoms with Gasteiger partial charge in [0.15, 0.2) is 11.2 Å². The molecule has 1 aromatic heterocycles. The van der Waals surface area contributed by atoms with Gasteiger partial charge in [-0.3, -0.25) is 9.59 Å². The van der Waals surface area contributed by atoms with E-state index in [0.29, 0.717) is 21.7 Å². The zero-order valence-electron chi connectivity index (χ0n) is 12.6. The first-order valence-electron chi connectivity index (χ1n) is 7.06. The highest BCUT2D eigenvalue weighted by atomic mass is 35.5. The molecule has 0 aliphatic carbocycles. The summed E-state index contributed by atoms with van der Waals surface area (Å²) in [6, 6.07) is 11.8. The molecule has 0 saturated heterocycles. The topological polar surface area (TPSA) is 59.3 Å². The van der Waals surface area contributed by atoms with E-state index in [4.69, 9.17) is 16.0 Å². The lowest BCUT2D eigenvalue weighted by Gasteiger charge is -2.08. The van der Waals surface area contributed by atoms with Gasteiger partial charge in [0.1, 0.15) is 5.58 Å². The van der Waals surface area contributed by atoms with Crippen molar-refractivity contribution in [2.24, 2.45) is 0 Å². The van der Waals surface area contributed by atoms with E-state index in [0.717, 1.165) is 11.1 Å². The second kappa shape index (κ2) is 5.89. The van der Waals surface area contributed by atoms with Gasteiger partial charge in [-0.1, -0.05) is 29.8 Å². The minimum absolute atomic E-state index is 0.0347. The molecule has 23 heavy (non-hydrogen) atoms. The number of aryl methyl sites for hydroxylation is 2. The van der Waals surface area contributed by atoms with Crippen molar-refractivity contribution in [1.82, 2.24) is 0 Å². The number of fused-ring (bicyclic) bond motifs is 1. The third-order valence-electron chi connectivity index (χ3n) is 3.63. The van der Waals surface area contributed by atoms with Crippen molar-refractivity contribution in [2.75, 3.05) is 5.32 Å². The monoisotopic (exact) mass is 327 g/mol. The summed E-state index contributed by atoms with van der Waals surface area (Å²) in [4.78, 5) is 24.5. The molecule has 0 fully saturated rings. The number of halogens is 1. The first kappa shape index (κ1) is 15.3. The smallest absolute Gasteiger partial charge is 0.291 e. The zero-order valence-corrected chi connectivity index (χ0v) is 13.4. The fraction of sp³-hybridized carbons (Fsp3) is 0.111. The molecular weight excluding hydrogens is 314 g/mol. The SMILES string of the molecule is Cc1cc2oc(C(=O)Nc3ccccc3C)cc(=O)c2cc1Cl. The van der Waals surface area contributed by atoms with Crippen LogP contribution in [-0.4, -0.2) is 5.91 Å². The largest absolute Gasteiger partial charge is 0.451 e. The molecule has 0 radical (unpaired) electrons. The number of nitrogens with one attached hydrogen (secondary N) is 1. The van der Waals surface area contributed by atoms with Crippen molar-refractivity contribution in [1.29, 1.82) is 0 Å². The molecule has 0 bridgehead atoms. The predicted molar refractivity (Wildman–Crippen MR) is 91.4 cm³/mol. The van der Waals surface area contributed by atoms with Gasteiger partial charge < -0.3 is 9.73 Å². The van der Waals surface area contributed by atoms with Crippen molar-refractivity contribution in [3.8, 4) is 0 Å². The first-order chi connectivity index (χ1) is 11.0. The van der Waals surface area contributed by atoms with Crippen LogP contribution < -0.4 is 10.7 Å². The molecule has 4 nitrogen and oxygen atoms in total. The average molecular weight is 328 g/mol. The van der Waals surface area contributed by atoms with Crippen LogP contribution in [0.15, 0.2) is 51.7 Å². The molecule has 1 heterocycles. The fourth-order valence-corrected chi connectivity index (χ4v) is 2.45. The number of rotatable bonds is 2. The normalized spacial score (nSPS) is 10.7. The van der Waals surface area contributed by atoms with E-state index in [2.05, 4.69) is 5.32 Å². The highest BCUT2D eigenvalue weighted by Gasteiger charge is 2.14. The molecule has 0 unspecified atom stereocenters. The van der Waals surface area contributed by atoms with Crippen molar-refractivity contribution < 1.29 is 9.21 Å². The molecule has 3 aromatic rings. The Morgan fingerprint density at radius 1 is 1.09 bits per heavy atom. The molecule has 1 N–H and O–H groups in total. The lowest BCUT2D eigenvalue weighted by Crippen LogP contribution is -2.15. The number of amides is 1. The Bertz CT molecular complexity index is 976. The van der Waals surface area contributed by atoms with Gasteiger partial charge in [0, 0.05) is 16.8 Å². The molecule has 116 valence electrons. The van der Waals surface area contributed by atoms with Crippen LogP contribution in [0.4, 0.5) is 5.69 Å². The molecule has 2 aromatic carbocycles.